The van der Waals surface area contributed by atoms with Crippen LogP contribution < -0.4 is 10.6 Å². The predicted molar refractivity (Wildman–Crippen MR) is 64.5 cm³/mol. The maximum atomic E-state index is 13.1. The number of hydrogen-bond acceptors (Lipinski definition) is 4. The van der Waals surface area contributed by atoms with Gasteiger partial charge in [-0.2, -0.15) is 0 Å². The number of nitrogens with two attached hydrogens (primary N) is 1. The van der Waals surface area contributed by atoms with Crippen molar-refractivity contribution in [1.82, 2.24) is 0 Å². The lowest BCUT2D eigenvalue weighted by Gasteiger charge is -2.33. The van der Waals surface area contributed by atoms with E-state index >= 15 is 0 Å². The van der Waals surface area contributed by atoms with Crippen molar-refractivity contribution < 1.29 is 23.8 Å². The van der Waals surface area contributed by atoms with Gasteiger partial charge in [0.05, 0.1) is 18.7 Å². The zero-order valence-electron chi connectivity index (χ0n) is 10.0. The molecule has 1 fully saturated rings. The SMILES string of the molecule is NC(=O)c1cc(F)ccc1N1CCOC(C(=O)O)C1. The van der Waals surface area contributed by atoms with Crippen molar-refractivity contribution in [2.45, 2.75) is 6.10 Å². The maximum Gasteiger partial charge on any atom is 0.334 e. The van der Waals surface area contributed by atoms with Gasteiger partial charge in [0.1, 0.15) is 5.82 Å². The van der Waals surface area contributed by atoms with Crippen molar-refractivity contribution >= 4 is 17.6 Å². The molecule has 1 aliphatic heterocycles. The molecule has 1 saturated heterocycles. The van der Waals surface area contributed by atoms with Gasteiger partial charge in [-0.25, -0.2) is 9.18 Å². The van der Waals surface area contributed by atoms with E-state index in [4.69, 9.17) is 15.6 Å². The average molecular weight is 268 g/mol. The molecule has 6 nitrogen and oxygen atoms in total. The smallest absolute Gasteiger partial charge is 0.334 e. The number of morpholine rings is 1. The Balaban J connectivity index is 2.30. The van der Waals surface area contributed by atoms with Crippen LogP contribution in [0.1, 0.15) is 10.4 Å². The number of carbonyl (C=O) groups excluding carboxylic acids is 1. The van der Waals surface area contributed by atoms with Gasteiger partial charge in [-0.1, -0.05) is 0 Å². The van der Waals surface area contributed by atoms with Gasteiger partial charge in [0.2, 0.25) is 0 Å². The van der Waals surface area contributed by atoms with E-state index in [-0.39, 0.29) is 18.7 Å². The van der Waals surface area contributed by atoms with Crippen LogP contribution in [0.15, 0.2) is 18.2 Å². The van der Waals surface area contributed by atoms with Gasteiger partial charge in [0.15, 0.2) is 6.10 Å². The summed E-state index contributed by atoms with van der Waals surface area (Å²) in [5.74, 6) is -2.40. The third kappa shape index (κ3) is 2.82. The van der Waals surface area contributed by atoms with Crippen LogP contribution in [0.25, 0.3) is 0 Å². The summed E-state index contributed by atoms with van der Waals surface area (Å²) in [5, 5.41) is 8.92. The number of anilines is 1. The molecule has 3 N–H and O–H groups in total. The molecule has 102 valence electrons. The topological polar surface area (TPSA) is 92.9 Å². The fourth-order valence-electron chi connectivity index (χ4n) is 2.00. The Morgan fingerprint density at radius 1 is 1.47 bits per heavy atom. The van der Waals surface area contributed by atoms with Gasteiger partial charge in [-0.05, 0) is 18.2 Å². The van der Waals surface area contributed by atoms with E-state index in [0.717, 1.165) is 6.07 Å². The van der Waals surface area contributed by atoms with Crippen molar-refractivity contribution in [3.05, 3.63) is 29.6 Å². The molecule has 1 aliphatic rings. The van der Waals surface area contributed by atoms with E-state index in [9.17, 15) is 14.0 Å². The second-order valence-electron chi connectivity index (χ2n) is 4.17. The Bertz CT molecular complexity index is 520. The fraction of sp³-hybridized carbons (Fsp3) is 0.333. The average Bonchev–Trinajstić information content (AvgIpc) is 2.38. The molecule has 2 rings (SSSR count). The molecule has 7 heteroatoms. The number of primary amides is 1. The van der Waals surface area contributed by atoms with E-state index in [1.165, 1.54) is 12.1 Å². The Hall–Kier alpha value is -2.15. The second kappa shape index (κ2) is 5.23. The molecule has 0 aliphatic carbocycles. The fourth-order valence-corrected chi connectivity index (χ4v) is 2.00. The van der Waals surface area contributed by atoms with Gasteiger partial charge < -0.3 is 20.5 Å². The molecule has 1 amide bonds. The third-order valence-electron chi connectivity index (χ3n) is 2.91. The van der Waals surface area contributed by atoms with Crippen molar-refractivity contribution in [1.29, 1.82) is 0 Å². The Morgan fingerprint density at radius 2 is 2.21 bits per heavy atom. The van der Waals surface area contributed by atoms with Crippen LogP contribution >= 0.6 is 0 Å². The molecule has 1 heterocycles. The Kier molecular flexibility index (Phi) is 3.66. The number of halogens is 1. The number of carboxylic acids is 1. The summed E-state index contributed by atoms with van der Waals surface area (Å²) in [6, 6.07) is 3.66. The predicted octanol–water partition coefficient (Wildman–Crippen LogP) is 0.214. The van der Waals surface area contributed by atoms with E-state index in [2.05, 4.69) is 0 Å². The number of hydrogen-bond donors (Lipinski definition) is 2. The van der Waals surface area contributed by atoms with Crippen LogP contribution in [0, 0.1) is 5.82 Å². The Morgan fingerprint density at radius 3 is 2.84 bits per heavy atom. The minimum Gasteiger partial charge on any atom is -0.479 e. The van der Waals surface area contributed by atoms with E-state index < -0.39 is 23.8 Å². The number of nitrogens with zero attached hydrogens (tertiary/aromatic N) is 1. The van der Waals surface area contributed by atoms with Crippen LogP contribution in [0.3, 0.4) is 0 Å². The Labute approximate surface area is 108 Å². The number of rotatable bonds is 3. The lowest BCUT2D eigenvalue weighted by molar-refractivity contribution is -0.150. The molecule has 1 unspecified atom stereocenters. The third-order valence-corrected chi connectivity index (χ3v) is 2.91. The zero-order valence-corrected chi connectivity index (χ0v) is 10.0. The molecule has 0 saturated carbocycles. The van der Waals surface area contributed by atoms with Gasteiger partial charge in [0.25, 0.3) is 5.91 Å². The van der Waals surface area contributed by atoms with Crippen molar-refractivity contribution in [3.8, 4) is 0 Å². The molecule has 1 aromatic carbocycles. The zero-order chi connectivity index (χ0) is 14.0. The highest BCUT2D eigenvalue weighted by molar-refractivity contribution is 5.98. The van der Waals surface area contributed by atoms with Crippen molar-refractivity contribution in [2.75, 3.05) is 24.6 Å². The van der Waals surface area contributed by atoms with Gasteiger partial charge in [-0.3, -0.25) is 4.79 Å². The standard InChI is InChI=1S/C12H13FN2O4/c13-7-1-2-9(8(5-7)11(14)16)15-3-4-19-10(6-15)12(17)18/h1-2,5,10H,3-4,6H2,(H2,14,16)(H,17,18). The van der Waals surface area contributed by atoms with Gasteiger partial charge in [-0.15, -0.1) is 0 Å². The van der Waals surface area contributed by atoms with Crippen LogP contribution in [-0.4, -0.2) is 42.8 Å². The van der Waals surface area contributed by atoms with E-state index in [1.807, 2.05) is 0 Å². The summed E-state index contributed by atoms with van der Waals surface area (Å²) in [7, 11) is 0. The molecule has 1 aromatic rings. The van der Waals surface area contributed by atoms with Crippen LogP contribution in [0.2, 0.25) is 0 Å². The van der Waals surface area contributed by atoms with Crippen LogP contribution in [0.4, 0.5) is 10.1 Å². The first-order chi connectivity index (χ1) is 8.99. The molecule has 1 atom stereocenters. The van der Waals surface area contributed by atoms with Crippen LogP contribution in [0.5, 0.6) is 0 Å². The van der Waals surface area contributed by atoms with Gasteiger partial charge in [0, 0.05) is 12.2 Å². The molecular weight excluding hydrogens is 255 g/mol. The van der Waals surface area contributed by atoms with Crippen molar-refractivity contribution in [3.63, 3.8) is 0 Å². The number of ether oxygens (including phenoxy) is 1. The monoisotopic (exact) mass is 268 g/mol. The lowest BCUT2D eigenvalue weighted by atomic mass is 10.1. The molecule has 0 aromatic heterocycles. The quantitative estimate of drug-likeness (QED) is 0.817. The molecule has 0 radical (unpaired) electrons. The van der Waals surface area contributed by atoms with E-state index in [1.54, 1.807) is 4.90 Å². The lowest BCUT2D eigenvalue weighted by Crippen LogP contribution is -2.46. The summed E-state index contributed by atoms with van der Waals surface area (Å²) in [4.78, 5) is 23.9. The maximum absolute atomic E-state index is 13.1. The minimum absolute atomic E-state index is 0.0334. The largest absolute Gasteiger partial charge is 0.479 e. The van der Waals surface area contributed by atoms with E-state index in [0.29, 0.717) is 12.2 Å². The first kappa shape index (κ1) is 13.3. The summed E-state index contributed by atoms with van der Waals surface area (Å²) in [5.41, 5.74) is 5.66. The van der Waals surface area contributed by atoms with Crippen LogP contribution in [-0.2, 0) is 9.53 Å². The molecule has 0 bridgehead atoms. The molecule has 19 heavy (non-hydrogen) atoms. The summed E-state index contributed by atoms with van der Waals surface area (Å²) >= 11 is 0. The summed E-state index contributed by atoms with van der Waals surface area (Å²) in [6.07, 6.45) is -0.973. The van der Waals surface area contributed by atoms with Crippen molar-refractivity contribution in [2.24, 2.45) is 5.73 Å². The number of carbonyl (C=O) groups is 2. The summed E-state index contributed by atoms with van der Waals surface area (Å²) < 4.78 is 18.2. The minimum atomic E-state index is -1.08. The first-order valence-electron chi connectivity index (χ1n) is 5.67. The summed E-state index contributed by atoms with van der Waals surface area (Å²) in [6.45, 7) is 0.712. The number of aliphatic carboxylic acids is 1. The highest BCUT2D eigenvalue weighted by atomic mass is 19.1. The number of benzene rings is 1. The first-order valence-corrected chi connectivity index (χ1v) is 5.67. The van der Waals surface area contributed by atoms with Gasteiger partial charge >= 0.3 is 5.97 Å². The second-order valence-corrected chi connectivity index (χ2v) is 4.17. The highest BCUT2D eigenvalue weighted by Crippen LogP contribution is 2.23. The molecular formula is C12H13FN2O4. The normalized spacial score (nSPS) is 19.2. The molecule has 0 spiro atoms. The highest BCUT2D eigenvalue weighted by Gasteiger charge is 2.28. The number of amides is 1. The number of carboxylic acid groups (broad SMARTS) is 1.